The number of benzene rings is 1. The van der Waals surface area contributed by atoms with Crippen LogP contribution < -0.4 is 11.5 Å². The molecule has 0 spiro atoms. The van der Waals surface area contributed by atoms with Gasteiger partial charge in [0.1, 0.15) is 0 Å². The Kier molecular flexibility index (Phi) is 11.2. The molecule has 0 saturated heterocycles. The maximum absolute atomic E-state index is 12.9. The second-order valence-corrected chi connectivity index (χ2v) is 9.16. The number of aromatic nitrogens is 1. The number of H-pyrrole nitrogens is 1. The van der Waals surface area contributed by atoms with Crippen LogP contribution in [0.1, 0.15) is 25.0 Å². The first kappa shape index (κ1) is 30.0. The van der Waals surface area contributed by atoms with Crippen molar-refractivity contribution in [3.63, 3.8) is 0 Å². The standard InChI is InChI=1S/C20H25N3O.CH4N2S.Cu.H2O4S/c1-4-23(5-2)20(24)14-9-16-15-7-6-8-17-19(15)13(11-21-17)10-18(16)22(3)12-14;2-1(3)4;;1-5(2,3)4/h6-9,11,14,18,21H,4-5,10,12H2,1-3H3;(H4,2,3,4);;(H2,1,2,3,4)/t14-,18-;;;/m1.../s1. The maximum Gasteiger partial charge on any atom is 0.394 e. The summed E-state index contributed by atoms with van der Waals surface area (Å²) in [6.07, 6.45) is 5.41. The molecule has 1 amide bonds. The van der Waals surface area contributed by atoms with E-state index in [4.69, 9.17) is 17.5 Å². The van der Waals surface area contributed by atoms with Crippen LogP contribution in [-0.2, 0) is 38.7 Å². The number of aromatic amines is 1. The number of nitrogens with two attached hydrogens (primary N) is 2. The number of carbonyl (C=O) groups excluding carboxylic acids is 1. The largest absolute Gasteiger partial charge is 0.394 e. The van der Waals surface area contributed by atoms with Crippen molar-refractivity contribution in [3.05, 3.63) is 41.6 Å². The van der Waals surface area contributed by atoms with E-state index in [1.165, 1.54) is 27.6 Å². The van der Waals surface area contributed by atoms with Crippen LogP contribution in [0.3, 0.4) is 0 Å². The molecule has 2 atom stereocenters. The Morgan fingerprint density at radius 3 is 2.35 bits per heavy atom. The van der Waals surface area contributed by atoms with Crippen molar-refractivity contribution < 1.29 is 39.4 Å². The summed E-state index contributed by atoms with van der Waals surface area (Å²) in [4.78, 5) is 20.6. The van der Waals surface area contributed by atoms with E-state index in [-0.39, 0.29) is 34.0 Å². The first-order valence-corrected chi connectivity index (χ1v) is 12.2. The number of nitrogens with one attached hydrogen (secondary N) is 1. The van der Waals surface area contributed by atoms with Gasteiger partial charge in [-0.15, -0.1) is 0 Å². The summed E-state index contributed by atoms with van der Waals surface area (Å²) in [5, 5.41) is 1.34. The summed E-state index contributed by atoms with van der Waals surface area (Å²) in [7, 11) is -2.52. The molecule has 2 aliphatic rings. The monoisotopic (exact) mass is 560 g/mol. The molecule has 0 fully saturated rings. The van der Waals surface area contributed by atoms with Gasteiger partial charge in [0, 0.05) is 59.8 Å². The molecule has 7 N–H and O–H groups in total. The molecule has 1 radical (unpaired) electrons. The van der Waals surface area contributed by atoms with Gasteiger partial charge < -0.3 is 21.4 Å². The number of carbonyl (C=O) groups is 1. The maximum atomic E-state index is 12.9. The van der Waals surface area contributed by atoms with Crippen LogP contribution in [0.2, 0.25) is 0 Å². The van der Waals surface area contributed by atoms with E-state index >= 15 is 0 Å². The number of likely N-dealkylation sites (N-methyl/N-ethyl adjacent to an activating group) is 1. The summed E-state index contributed by atoms with van der Waals surface area (Å²) in [5.74, 6) is 0.210. The molecular weight excluding hydrogens is 530 g/mol. The van der Waals surface area contributed by atoms with Crippen molar-refractivity contribution in [1.82, 2.24) is 14.8 Å². The Morgan fingerprint density at radius 1 is 1.26 bits per heavy atom. The molecule has 2 aromatic rings. The predicted molar refractivity (Wildman–Crippen MR) is 133 cm³/mol. The third-order valence-corrected chi connectivity index (χ3v) is 5.66. The molecule has 0 saturated carbocycles. The fourth-order valence-electron chi connectivity index (χ4n) is 4.38. The molecule has 4 rings (SSSR count). The molecule has 0 bridgehead atoms. The van der Waals surface area contributed by atoms with E-state index in [2.05, 4.69) is 84.9 Å². The number of nitrogens with zero attached hydrogens (tertiary/aromatic N) is 2. The quantitative estimate of drug-likeness (QED) is 0.212. The summed E-state index contributed by atoms with van der Waals surface area (Å²) >= 11 is 4.09. The minimum Gasteiger partial charge on any atom is -0.377 e. The molecule has 1 aliphatic carbocycles. The first-order valence-electron chi connectivity index (χ1n) is 10.4. The summed E-state index contributed by atoms with van der Waals surface area (Å²) < 4.78 is 31.6. The van der Waals surface area contributed by atoms with Gasteiger partial charge in [-0.25, -0.2) is 0 Å². The van der Waals surface area contributed by atoms with Gasteiger partial charge in [0.15, 0.2) is 5.11 Å². The Morgan fingerprint density at radius 2 is 1.82 bits per heavy atom. The Hall–Kier alpha value is -1.99. The summed E-state index contributed by atoms with van der Waals surface area (Å²) in [6.45, 7) is 6.47. The summed E-state index contributed by atoms with van der Waals surface area (Å²) in [5.41, 5.74) is 14.4. The van der Waals surface area contributed by atoms with Crippen LogP contribution in [0.5, 0.6) is 0 Å². The van der Waals surface area contributed by atoms with Crippen molar-refractivity contribution in [1.29, 1.82) is 0 Å². The van der Waals surface area contributed by atoms with Crippen LogP contribution in [0.4, 0.5) is 0 Å². The molecular formula is C21H31CuN5O5S2. The topological polar surface area (TPSA) is 166 Å². The third-order valence-electron chi connectivity index (χ3n) is 5.66. The predicted octanol–water partition coefficient (Wildman–Crippen LogP) is 1.44. The van der Waals surface area contributed by atoms with Crippen molar-refractivity contribution in [2.45, 2.75) is 26.3 Å². The van der Waals surface area contributed by atoms with Crippen LogP contribution >= 0.6 is 12.2 Å². The molecule has 13 heteroatoms. The number of rotatable bonds is 3. The fraction of sp³-hybridized carbons (Fsp3) is 0.429. The minimum atomic E-state index is -4.67. The molecule has 0 unspecified atom stereocenters. The van der Waals surface area contributed by atoms with E-state index in [1.54, 1.807) is 0 Å². The number of hydrogen-bond donors (Lipinski definition) is 5. The van der Waals surface area contributed by atoms with Gasteiger partial charge in [-0.05, 0) is 62.3 Å². The van der Waals surface area contributed by atoms with E-state index in [1.807, 2.05) is 4.90 Å². The van der Waals surface area contributed by atoms with Gasteiger partial charge in [0.2, 0.25) is 5.91 Å². The SMILES string of the molecule is CCN(CC)C(=O)[C@@H]1C=C2c3cccc4[nH]cc(c34)C[C@H]2N(C)C1.NC(N)=S.O=S(=O)(O)O.[Cu]. The molecule has 10 nitrogen and oxygen atoms in total. The van der Waals surface area contributed by atoms with Crippen molar-refractivity contribution in [3.8, 4) is 0 Å². The zero-order valence-corrected chi connectivity index (χ0v) is 21.7. The van der Waals surface area contributed by atoms with Crippen molar-refractivity contribution in [2.24, 2.45) is 17.4 Å². The Balaban J connectivity index is 0.000000499. The van der Waals surface area contributed by atoms with Crippen molar-refractivity contribution in [2.75, 3.05) is 26.7 Å². The Bertz CT molecular complexity index is 1140. The molecule has 34 heavy (non-hydrogen) atoms. The van der Waals surface area contributed by atoms with Gasteiger partial charge >= 0.3 is 10.4 Å². The van der Waals surface area contributed by atoms with Crippen LogP contribution in [0, 0.1) is 5.92 Å². The molecule has 1 aliphatic heterocycles. The average Bonchev–Trinajstić information content (AvgIpc) is 3.12. The second kappa shape index (κ2) is 12.6. The van der Waals surface area contributed by atoms with Crippen LogP contribution in [-0.4, -0.2) is 76.1 Å². The van der Waals surface area contributed by atoms with Gasteiger partial charge in [-0.2, -0.15) is 8.42 Å². The smallest absolute Gasteiger partial charge is 0.377 e. The molecule has 2 heterocycles. The zero-order valence-electron chi connectivity index (χ0n) is 19.2. The summed E-state index contributed by atoms with van der Waals surface area (Å²) in [6, 6.07) is 6.82. The van der Waals surface area contributed by atoms with E-state index < -0.39 is 10.4 Å². The molecule has 1 aromatic heterocycles. The van der Waals surface area contributed by atoms with Crippen LogP contribution in [0.25, 0.3) is 16.5 Å². The molecule has 193 valence electrons. The van der Waals surface area contributed by atoms with Gasteiger partial charge in [0.25, 0.3) is 0 Å². The minimum absolute atomic E-state index is 0. The first-order chi connectivity index (χ1) is 15.4. The fourth-order valence-corrected chi connectivity index (χ4v) is 4.38. The number of amides is 1. The van der Waals surface area contributed by atoms with Crippen LogP contribution in [0.15, 0.2) is 30.5 Å². The second-order valence-electron chi connectivity index (χ2n) is 7.79. The number of hydrogen-bond acceptors (Lipinski definition) is 5. The van der Waals surface area contributed by atoms with E-state index in [9.17, 15) is 4.79 Å². The van der Waals surface area contributed by atoms with Gasteiger partial charge in [-0.1, -0.05) is 18.2 Å². The molecule has 1 aromatic carbocycles. The van der Waals surface area contributed by atoms with Crippen molar-refractivity contribution >= 4 is 50.1 Å². The number of fused-ring (bicyclic) bond motifs is 2. The normalized spacial score (nSPS) is 18.7. The van der Waals surface area contributed by atoms with Gasteiger partial charge in [-0.3, -0.25) is 18.8 Å². The average molecular weight is 561 g/mol. The van der Waals surface area contributed by atoms with Gasteiger partial charge in [0.05, 0.1) is 5.92 Å². The van der Waals surface area contributed by atoms with E-state index in [0.29, 0.717) is 6.04 Å². The zero-order chi connectivity index (χ0) is 24.9. The third kappa shape index (κ3) is 7.77. The number of thiocarbonyl (C=S) groups is 1. The van der Waals surface area contributed by atoms with E-state index in [0.717, 1.165) is 26.1 Å². The Labute approximate surface area is 215 Å².